The van der Waals surface area contributed by atoms with Crippen LogP contribution in [0.25, 0.3) is 16.9 Å². The molecule has 20 heavy (non-hydrogen) atoms. The minimum Gasteiger partial charge on any atom is -0.481 e. The van der Waals surface area contributed by atoms with Crippen LogP contribution in [0.5, 0.6) is 0 Å². The number of carbonyl (C=O) groups is 1. The van der Waals surface area contributed by atoms with E-state index in [1.807, 2.05) is 0 Å². The van der Waals surface area contributed by atoms with E-state index in [0.717, 1.165) is 5.56 Å². The number of pyridine rings is 2. The number of aliphatic carboxylic acids is 1. The van der Waals surface area contributed by atoms with Crippen LogP contribution in [0.4, 0.5) is 0 Å². The number of nitrogens with zero attached hydrogens (tertiary/aromatic N) is 3. The standard InChI is InChI=1S/C14H10ClN3O2/c15-10-2-1-7-18-11(8-12(19)20)13(17-14(10)18)9-3-5-16-6-4-9/h1-7H,8H2,(H,19,20). The van der Waals surface area contributed by atoms with E-state index in [-0.39, 0.29) is 6.42 Å². The summed E-state index contributed by atoms with van der Waals surface area (Å²) in [5.74, 6) is -0.915. The van der Waals surface area contributed by atoms with E-state index in [9.17, 15) is 4.79 Å². The summed E-state index contributed by atoms with van der Waals surface area (Å²) in [4.78, 5) is 19.5. The Morgan fingerprint density at radius 1 is 1.30 bits per heavy atom. The Balaban J connectivity index is 2.30. The highest BCUT2D eigenvalue weighted by Gasteiger charge is 2.17. The van der Waals surface area contributed by atoms with Gasteiger partial charge in [-0.05, 0) is 24.3 Å². The summed E-state index contributed by atoms with van der Waals surface area (Å²) in [7, 11) is 0. The SMILES string of the molecule is O=C(O)Cc1c(-c2ccncc2)nc2c(Cl)cccn12. The molecular formula is C14H10ClN3O2. The van der Waals surface area contributed by atoms with Gasteiger partial charge in [0.2, 0.25) is 0 Å². The molecule has 0 radical (unpaired) electrons. The molecule has 0 saturated carbocycles. The Labute approximate surface area is 119 Å². The van der Waals surface area contributed by atoms with E-state index >= 15 is 0 Å². The fourth-order valence-corrected chi connectivity index (χ4v) is 2.34. The number of halogens is 1. The molecule has 100 valence electrons. The maximum atomic E-state index is 11.1. The van der Waals surface area contributed by atoms with Gasteiger partial charge in [0.1, 0.15) is 0 Å². The Hall–Kier alpha value is -2.40. The Morgan fingerprint density at radius 2 is 2.05 bits per heavy atom. The second-order valence-corrected chi connectivity index (χ2v) is 4.67. The van der Waals surface area contributed by atoms with Crippen LogP contribution in [0.15, 0.2) is 42.9 Å². The number of carboxylic acid groups (broad SMARTS) is 1. The zero-order chi connectivity index (χ0) is 14.1. The lowest BCUT2D eigenvalue weighted by atomic mass is 10.1. The highest BCUT2D eigenvalue weighted by molar-refractivity contribution is 6.33. The summed E-state index contributed by atoms with van der Waals surface area (Å²) < 4.78 is 1.71. The first-order valence-corrected chi connectivity index (χ1v) is 6.32. The number of fused-ring (bicyclic) bond motifs is 1. The van der Waals surface area contributed by atoms with Gasteiger partial charge in [0.15, 0.2) is 5.65 Å². The molecule has 0 saturated heterocycles. The molecule has 0 aromatic carbocycles. The summed E-state index contributed by atoms with van der Waals surface area (Å²) >= 11 is 6.12. The van der Waals surface area contributed by atoms with Gasteiger partial charge in [0.05, 0.1) is 22.8 Å². The molecule has 3 rings (SSSR count). The molecule has 1 N–H and O–H groups in total. The fraction of sp³-hybridized carbons (Fsp3) is 0.0714. The van der Waals surface area contributed by atoms with Crippen molar-refractivity contribution in [1.29, 1.82) is 0 Å². The number of imidazole rings is 1. The smallest absolute Gasteiger partial charge is 0.309 e. The molecule has 3 aromatic rings. The molecule has 5 nitrogen and oxygen atoms in total. The Kier molecular flexibility index (Phi) is 3.12. The number of aromatic nitrogens is 3. The monoisotopic (exact) mass is 287 g/mol. The minimum atomic E-state index is -0.915. The summed E-state index contributed by atoms with van der Waals surface area (Å²) in [5, 5.41) is 9.58. The van der Waals surface area contributed by atoms with Crippen molar-refractivity contribution in [1.82, 2.24) is 14.4 Å². The number of hydrogen-bond acceptors (Lipinski definition) is 3. The van der Waals surface area contributed by atoms with Gasteiger partial charge in [-0.3, -0.25) is 9.78 Å². The topological polar surface area (TPSA) is 67.5 Å². The fourth-order valence-electron chi connectivity index (χ4n) is 2.14. The van der Waals surface area contributed by atoms with E-state index in [1.165, 1.54) is 0 Å². The van der Waals surface area contributed by atoms with Crippen molar-refractivity contribution >= 4 is 23.2 Å². The average Bonchev–Trinajstić information content (AvgIpc) is 2.80. The Bertz CT molecular complexity index is 784. The molecule has 3 heterocycles. The normalized spacial score (nSPS) is 10.8. The third-order valence-corrected chi connectivity index (χ3v) is 3.27. The second kappa shape index (κ2) is 4.94. The van der Waals surface area contributed by atoms with Crippen LogP contribution in [-0.4, -0.2) is 25.4 Å². The first kappa shape index (κ1) is 12.6. The maximum Gasteiger partial charge on any atom is 0.309 e. The summed E-state index contributed by atoms with van der Waals surface area (Å²) in [6.45, 7) is 0. The van der Waals surface area contributed by atoms with Crippen molar-refractivity contribution in [2.24, 2.45) is 0 Å². The number of hydrogen-bond donors (Lipinski definition) is 1. The van der Waals surface area contributed by atoms with Crippen LogP contribution >= 0.6 is 11.6 Å². The lowest BCUT2D eigenvalue weighted by Gasteiger charge is -2.02. The van der Waals surface area contributed by atoms with Crippen LogP contribution < -0.4 is 0 Å². The highest BCUT2D eigenvalue weighted by atomic mass is 35.5. The van der Waals surface area contributed by atoms with Gasteiger partial charge in [-0.1, -0.05) is 11.6 Å². The molecule has 0 aliphatic rings. The van der Waals surface area contributed by atoms with Crippen LogP contribution in [0.1, 0.15) is 5.69 Å². The van der Waals surface area contributed by atoms with E-state index < -0.39 is 5.97 Å². The first-order valence-electron chi connectivity index (χ1n) is 5.94. The quantitative estimate of drug-likeness (QED) is 0.804. The third-order valence-electron chi connectivity index (χ3n) is 2.97. The maximum absolute atomic E-state index is 11.1. The molecule has 0 aliphatic heterocycles. The van der Waals surface area contributed by atoms with Gasteiger partial charge in [0, 0.05) is 24.2 Å². The summed E-state index contributed by atoms with van der Waals surface area (Å²) in [6.07, 6.45) is 4.92. The summed E-state index contributed by atoms with van der Waals surface area (Å²) in [6, 6.07) is 7.07. The second-order valence-electron chi connectivity index (χ2n) is 4.26. The van der Waals surface area contributed by atoms with Crippen molar-refractivity contribution in [3.63, 3.8) is 0 Å². The van der Waals surface area contributed by atoms with Gasteiger partial charge in [-0.2, -0.15) is 0 Å². The minimum absolute atomic E-state index is 0.126. The van der Waals surface area contributed by atoms with Gasteiger partial charge >= 0.3 is 5.97 Å². The Morgan fingerprint density at radius 3 is 2.75 bits per heavy atom. The lowest BCUT2D eigenvalue weighted by molar-refractivity contribution is -0.136. The molecule has 0 spiro atoms. The van der Waals surface area contributed by atoms with Crippen LogP contribution in [0, 0.1) is 0 Å². The zero-order valence-corrected chi connectivity index (χ0v) is 11.1. The average molecular weight is 288 g/mol. The van der Waals surface area contributed by atoms with E-state index in [4.69, 9.17) is 16.7 Å². The number of rotatable bonds is 3. The third kappa shape index (κ3) is 2.12. The van der Waals surface area contributed by atoms with E-state index in [1.54, 1.807) is 47.3 Å². The van der Waals surface area contributed by atoms with Gasteiger partial charge in [0.25, 0.3) is 0 Å². The molecule has 0 aliphatic carbocycles. The van der Waals surface area contributed by atoms with Crippen molar-refractivity contribution in [2.75, 3.05) is 0 Å². The van der Waals surface area contributed by atoms with Crippen molar-refractivity contribution in [3.05, 3.63) is 53.6 Å². The van der Waals surface area contributed by atoms with Crippen molar-refractivity contribution in [2.45, 2.75) is 6.42 Å². The molecule has 0 amide bonds. The molecule has 0 atom stereocenters. The highest BCUT2D eigenvalue weighted by Crippen LogP contribution is 2.27. The number of carboxylic acids is 1. The van der Waals surface area contributed by atoms with Crippen LogP contribution in [0.3, 0.4) is 0 Å². The molecule has 0 unspecified atom stereocenters. The van der Waals surface area contributed by atoms with Crippen molar-refractivity contribution < 1.29 is 9.90 Å². The van der Waals surface area contributed by atoms with Gasteiger partial charge in [-0.25, -0.2) is 4.98 Å². The van der Waals surface area contributed by atoms with Crippen LogP contribution in [-0.2, 0) is 11.2 Å². The molecule has 0 fully saturated rings. The predicted octanol–water partition coefficient (Wildman–Crippen LogP) is 2.68. The summed E-state index contributed by atoms with van der Waals surface area (Å²) in [5.41, 5.74) is 2.58. The zero-order valence-electron chi connectivity index (χ0n) is 10.3. The van der Waals surface area contributed by atoms with Gasteiger partial charge < -0.3 is 9.51 Å². The molecular weight excluding hydrogens is 278 g/mol. The largest absolute Gasteiger partial charge is 0.481 e. The van der Waals surface area contributed by atoms with E-state index in [2.05, 4.69) is 9.97 Å². The first-order chi connectivity index (χ1) is 9.66. The van der Waals surface area contributed by atoms with Crippen molar-refractivity contribution in [3.8, 4) is 11.3 Å². The van der Waals surface area contributed by atoms with Gasteiger partial charge in [-0.15, -0.1) is 0 Å². The van der Waals surface area contributed by atoms with Crippen LogP contribution in [0.2, 0.25) is 5.02 Å². The molecule has 0 bridgehead atoms. The van der Waals surface area contributed by atoms with E-state index in [0.29, 0.717) is 22.1 Å². The predicted molar refractivity (Wildman–Crippen MR) is 74.8 cm³/mol. The molecule has 6 heteroatoms. The molecule has 3 aromatic heterocycles. The lowest BCUT2D eigenvalue weighted by Crippen LogP contribution is -2.04.